The van der Waals surface area contributed by atoms with Crippen molar-refractivity contribution in [1.29, 1.82) is 0 Å². The molecule has 1 aliphatic rings. The molecule has 1 aromatic rings. The van der Waals surface area contributed by atoms with E-state index in [2.05, 4.69) is 26.1 Å². The van der Waals surface area contributed by atoms with Crippen LogP contribution in [0.25, 0.3) is 0 Å². The monoisotopic (exact) mass is 366 g/mol. The average Bonchev–Trinajstić information content (AvgIpc) is 2.70. The van der Waals surface area contributed by atoms with E-state index in [-0.39, 0.29) is 10.8 Å². The molecule has 1 unspecified atom stereocenters. The summed E-state index contributed by atoms with van der Waals surface area (Å²) in [5.41, 5.74) is 1.01. The molecule has 1 fully saturated rings. The van der Waals surface area contributed by atoms with Gasteiger partial charge < -0.3 is 5.32 Å². The zero-order valence-electron chi connectivity index (χ0n) is 15.7. The van der Waals surface area contributed by atoms with Crippen LogP contribution in [0.3, 0.4) is 0 Å². The first-order chi connectivity index (χ1) is 11.7. The predicted molar refractivity (Wildman–Crippen MR) is 99.7 cm³/mol. The number of nitrogens with zero attached hydrogens (tertiary/aromatic N) is 1. The summed E-state index contributed by atoms with van der Waals surface area (Å²) in [7, 11) is -3.71. The van der Waals surface area contributed by atoms with Gasteiger partial charge in [-0.2, -0.15) is 4.31 Å². The van der Waals surface area contributed by atoms with Crippen LogP contribution in [0.2, 0.25) is 0 Å². The van der Waals surface area contributed by atoms with Gasteiger partial charge in [-0.3, -0.25) is 4.79 Å². The van der Waals surface area contributed by atoms with Gasteiger partial charge in [0.05, 0.1) is 4.90 Å². The Hall–Kier alpha value is -1.40. The van der Waals surface area contributed by atoms with Gasteiger partial charge in [-0.05, 0) is 50.2 Å². The number of rotatable bonds is 6. The smallest absolute Gasteiger partial charge is 0.243 e. The van der Waals surface area contributed by atoms with Crippen molar-refractivity contribution in [2.45, 2.75) is 57.9 Å². The largest absolute Gasteiger partial charge is 0.354 e. The minimum atomic E-state index is -3.71. The Morgan fingerprint density at radius 2 is 1.84 bits per heavy atom. The molecule has 6 heteroatoms. The van der Waals surface area contributed by atoms with Crippen molar-refractivity contribution in [3.63, 3.8) is 0 Å². The molecular weight excluding hydrogens is 336 g/mol. The molecule has 2 atom stereocenters. The average molecular weight is 367 g/mol. The number of benzene rings is 1. The fourth-order valence-corrected chi connectivity index (χ4v) is 4.65. The highest BCUT2D eigenvalue weighted by Crippen LogP contribution is 2.25. The second-order valence-corrected chi connectivity index (χ2v) is 9.45. The van der Waals surface area contributed by atoms with Crippen LogP contribution in [0.1, 0.15) is 45.6 Å². The molecule has 0 saturated carbocycles. The molecular formula is C19H30N2O3S. The Kier molecular flexibility index (Phi) is 6.63. The second kappa shape index (κ2) is 8.32. The van der Waals surface area contributed by atoms with E-state index in [4.69, 9.17) is 0 Å². The lowest BCUT2D eigenvalue weighted by atomic mass is 10.0. The highest BCUT2D eigenvalue weighted by molar-refractivity contribution is 7.89. The van der Waals surface area contributed by atoms with E-state index in [0.29, 0.717) is 31.3 Å². The maximum absolute atomic E-state index is 13.2. The van der Waals surface area contributed by atoms with Gasteiger partial charge in [0.2, 0.25) is 15.9 Å². The number of carbonyl (C=O) groups excluding carboxylic acids is 1. The van der Waals surface area contributed by atoms with Crippen LogP contribution in [0.4, 0.5) is 0 Å². The van der Waals surface area contributed by atoms with Crippen molar-refractivity contribution in [1.82, 2.24) is 9.62 Å². The number of aryl methyl sites for hydroxylation is 1. The number of amides is 1. The molecule has 0 spiro atoms. The van der Waals surface area contributed by atoms with E-state index < -0.39 is 16.1 Å². The minimum absolute atomic E-state index is 0.177. The molecule has 1 aromatic carbocycles. The zero-order chi connectivity index (χ0) is 18.6. The Morgan fingerprint density at radius 1 is 1.20 bits per heavy atom. The number of carbonyl (C=O) groups is 1. The maximum atomic E-state index is 13.2. The third-order valence-electron chi connectivity index (χ3n) is 4.76. The molecule has 2 rings (SSSR count). The molecule has 25 heavy (non-hydrogen) atoms. The maximum Gasteiger partial charge on any atom is 0.243 e. The van der Waals surface area contributed by atoms with Gasteiger partial charge >= 0.3 is 0 Å². The van der Waals surface area contributed by atoms with Crippen molar-refractivity contribution >= 4 is 15.9 Å². The number of hydrogen-bond donors (Lipinski definition) is 1. The summed E-state index contributed by atoms with van der Waals surface area (Å²) in [6.45, 7) is 9.10. The molecule has 1 heterocycles. The highest BCUT2D eigenvalue weighted by Gasteiger charge is 2.37. The van der Waals surface area contributed by atoms with E-state index in [0.717, 1.165) is 18.4 Å². The van der Waals surface area contributed by atoms with E-state index in [1.807, 2.05) is 6.92 Å². The van der Waals surface area contributed by atoms with E-state index in [9.17, 15) is 13.2 Å². The highest BCUT2D eigenvalue weighted by atomic mass is 32.2. The summed E-state index contributed by atoms with van der Waals surface area (Å²) in [6, 6.07) is 6.22. The summed E-state index contributed by atoms with van der Waals surface area (Å²) < 4.78 is 27.9. The number of nitrogens with one attached hydrogen (secondary N) is 1. The van der Waals surface area contributed by atoms with Crippen LogP contribution in [-0.4, -0.2) is 37.8 Å². The first-order valence-electron chi connectivity index (χ1n) is 9.08. The Balaban J connectivity index is 2.37. The third kappa shape index (κ3) is 5.05. The van der Waals surface area contributed by atoms with Gasteiger partial charge in [-0.25, -0.2) is 8.42 Å². The van der Waals surface area contributed by atoms with Crippen LogP contribution in [0.5, 0.6) is 0 Å². The van der Waals surface area contributed by atoms with Crippen molar-refractivity contribution in [2.75, 3.05) is 13.1 Å². The fraction of sp³-hybridized carbons (Fsp3) is 0.632. The molecule has 1 aliphatic heterocycles. The molecule has 0 radical (unpaired) electrons. The van der Waals surface area contributed by atoms with Crippen molar-refractivity contribution < 1.29 is 13.2 Å². The predicted octanol–water partition coefficient (Wildman–Crippen LogP) is 2.95. The van der Waals surface area contributed by atoms with E-state index in [1.165, 1.54) is 4.31 Å². The molecule has 0 aromatic heterocycles. The molecule has 1 N–H and O–H groups in total. The zero-order valence-corrected chi connectivity index (χ0v) is 16.5. The van der Waals surface area contributed by atoms with Crippen LogP contribution in [-0.2, 0) is 14.8 Å². The summed E-state index contributed by atoms with van der Waals surface area (Å²) in [5, 5.41) is 2.90. The Bertz CT molecular complexity index is 683. The van der Waals surface area contributed by atoms with Gasteiger partial charge in [-0.15, -0.1) is 0 Å². The van der Waals surface area contributed by atoms with Crippen molar-refractivity contribution in [3.05, 3.63) is 29.8 Å². The summed E-state index contributed by atoms with van der Waals surface area (Å²) >= 11 is 0. The first-order valence-corrected chi connectivity index (χ1v) is 10.5. The van der Waals surface area contributed by atoms with Crippen LogP contribution in [0, 0.1) is 18.8 Å². The Morgan fingerprint density at radius 3 is 2.44 bits per heavy atom. The molecule has 0 aliphatic carbocycles. The lowest BCUT2D eigenvalue weighted by molar-refractivity contribution is -0.124. The minimum Gasteiger partial charge on any atom is -0.354 e. The first kappa shape index (κ1) is 19.9. The normalized spacial score (nSPS) is 22.1. The molecule has 1 saturated heterocycles. The van der Waals surface area contributed by atoms with Crippen molar-refractivity contribution in [2.24, 2.45) is 11.8 Å². The molecule has 140 valence electrons. The number of sulfonamides is 1. The van der Waals surface area contributed by atoms with Crippen LogP contribution in [0.15, 0.2) is 29.2 Å². The number of hydrogen-bond acceptors (Lipinski definition) is 3. The van der Waals surface area contributed by atoms with Gasteiger partial charge in [0.25, 0.3) is 0 Å². The van der Waals surface area contributed by atoms with Gasteiger partial charge in [0.15, 0.2) is 0 Å². The van der Waals surface area contributed by atoms with Gasteiger partial charge in [0, 0.05) is 13.1 Å². The standard InChI is InChI=1S/C19H30N2O3S/c1-14(2)11-12-21(18-10-7-16(4)13-20-19(18)22)25(23,24)17-8-5-15(3)6-9-17/h5-6,8-9,14,16,18H,7,10-13H2,1-4H3,(H,20,22)/t16?,18-/m0/s1. The topological polar surface area (TPSA) is 66.5 Å². The SMILES string of the molecule is Cc1ccc(S(=O)(=O)N(CCC(C)C)[C@H]2CCC(C)CNC2=O)cc1. The lowest BCUT2D eigenvalue weighted by Gasteiger charge is -2.29. The molecule has 5 nitrogen and oxygen atoms in total. The summed E-state index contributed by atoms with van der Waals surface area (Å²) in [6.07, 6.45) is 2.13. The Labute approximate surface area is 151 Å². The van der Waals surface area contributed by atoms with E-state index >= 15 is 0 Å². The quantitative estimate of drug-likeness (QED) is 0.842. The molecule has 1 amide bonds. The molecule has 0 bridgehead atoms. The lowest BCUT2D eigenvalue weighted by Crippen LogP contribution is -2.49. The summed E-state index contributed by atoms with van der Waals surface area (Å²) in [5.74, 6) is 0.551. The fourth-order valence-electron chi connectivity index (χ4n) is 3.02. The van der Waals surface area contributed by atoms with Gasteiger partial charge in [0.1, 0.15) is 6.04 Å². The second-order valence-electron chi connectivity index (χ2n) is 7.55. The van der Waals surface area contributed by atoms with Crippen LogP contribution < -0.4 is 5.32 Å². The van der Waals surface area contributed by atoms with Gasteiger partial charge in [-0.1, -0.05) is 38.5 Å². The van der Waals surface area contributed by atoms with Crippen LogP contribution >= 0.6 is 0 Å². The van der Waals surface area contributed by atoms with E-state index in [1.54, 1.807) is 24.3 Å². The summed E-state index contributed by atoms with van der Waals surface area (Å²) in [4.78, 5) is 12.8. The van der Waals surface area contributed by atoms with Crippen molar-refractivity contribution in [3.8, 4) is 0 Å². The third-order valence-corrected chi connectivity index (χ3v) is 6.68.